The summed E-state index contributed by atoms with van der Waals surface area (Å²) in [5.74, 6) is 0. The normalized spacial score (nSPS) is 12.3. The van der Waals surface area contributed by atoms with E-state index in [9.17, 15) is 0 Å². The molecule has 0 saturated heterocycles. The highest BCUT2D eigenvalue weighted by Crippen LogP contribution is 1.86. The lowest BCUT2D eigenvalue weighted by molar-refractivity contribution is 1.22. The highest BCUT2D eigenvalue weighted by Gasteiger charge is 1.71. The molecule has 0 atom stereocenters. The molecule has 0 aliphatic carbocycles. The van der Waals surface area contributed by atoms with Crippen molar-refractivity contribution in [2.24, 2.45) is 5.73 Å². The third-order valence-electron chi connectivity index (χ3n) is 0.896. The summed E-state index contributed by atoms with van der Waals surface area (Å²) in [6, 6.07) is 0. The van der Waals surface area contributed by atoms with Crippen LogP contribution in [0.1, 0.15) is 13.3 Å². The van der Waals surface area contributed by atoms with Crippen LogP contribution in [0.4, 0.5) is 0 Å². The smallest absolute Gasteiger partial charge is 0.0307 e. The molecule has 0 aromatic carbocycles. The minimum Gasteiger partial charge on any atom is -0.399 e. The zero-order valence-corrected chi connectivity index (χ0v) is 5.80. The molecule has 50 valence electrons. The number of allylic oxidation sites excluding steroid dienone is 4. The Bertz CT molecular complexity index is 132. The molecule has 0 unspecified atom stereocenters. The highest BCUT2D eigenvalue weighted by molar-refractivity contribution is 5.18. The van der Waals surface area contributed by atoms with Crippen molar-refractivity contribution in [2.45, 2.75) is 13.3 Å². The van der Waals surface area contributed by atoms with E-state index in [2.05, 4.69) is 13.5 Å². The van der Waals surface area contributed by atoms with E-state index < -0.39 is 0 Å². The summed E-state index contributed by atoms with van der Waals surface area (Å²) < 4.78 is 0. The molecule has 0 fully saturated rings. The molecule has 0 radical (unpaired) electrons. The summed E-state index contributed by atoms with van der Waals surface area (Å²) >= 11 is 0. The molecule has 1 heteroatoms. The molecule has 0 aromatic heterocycles. The average molecular weight is 123 g/mol. The van der Waals surface area contributed by atoms with Crippen LogP contribution in [0.2, 0.25) is 0 Å². The second kappa shape index (κ2) is 5.16. The summed E-state index contributed by atoms with van der Waals surface area (Å²) in [7, 11) is 0. The van der Waals surface area contributed by atoms with Gasteiger partial charge in [-0.15, -0.1) is 0 Å². The van der Waals surface area contributed by atoms with E-state index >= 15 is 0 Å². The third-order valence-corrected chi connectivity index (χ3v) is 0.896. The number of hydrogen-bond acceptors (Lipinski definition) is 1. The summed E-state index contributed by atoms with van der Waals surface area (Å²) in [5, 5.41) is 0. The number of nitrogens with two attached hydrogens (primary N) is 1. The SMILES string of the molecule is C=C/C(N)=C\C=C/CC. The highest BCUT2D eigenvalue weighted by atomic mass is 14.5. The van der Waals surface area contributed by atoms with Gasteiger partial charge < -0.3 is 5.73 Å². The largest absolute Gasteiger partial charge is 0.399 e. The minimum absolute atomic E-state index is 0.708. The van der Waals surface area contributed by atoms with Crippen molar-refractivity contribution >= 4 is 0 Å². The molecule has 0 rings (SSSR count). The zero-order valence-electron chi connectivity index (χ0n) is 5.80. The Hall–Kier alpha value is -0.980. The van der Waals surface area contributed by atoms with Crippen molar-refractivity contribution in [1.82, 2.24) is 0 Å². The molecule has 9 heavy (non-hydrogen) atoms. The van der Waals surface area contributed by atoms with Crippen LogP contribution in [-0.2, 0) is 0 Å². The van der Waals surface area contributed by atoms with Gasteiger partial charge in [0.15, 0.2) is 0 Å². The van der Waals surface area contributed by atoms with E-state index in [-0.39, 0.29) is 0 Å². The van der Waals surface area contributed by atoms with Crippen molar-refractivity contribution in [1.29, 1.82) is 0 Å². The molecule has 0 bridgehead atoms. The monoisotopic (exact) mass is 123 g/mol. The van der Waals surface area contributed by atoms with Gasteiger partial charge in [-0.25, -0.2) is 0 Å². The number of hydrogen-bond donors (Lipinski definition) is 1. The van der Waals surface area contributed by atoms with Gasteiger partial charge in [0, 0.05) is 5.70 Å². The molecule has 0 heterocycles. The number of rotatable bonds is 3. The molecule has 0 amide bonds. The molecule has 0 saturated carbocycles. The van der Waals surface area contributed by atoms with Gasteiger partial charge in [0.25, 0.3) is 0 Å². The topological polar surface area (TPSA) is 26.0 Å². The molecule has 0 aromatic rings. The van der Waals surface area contributed by atoms with Gasteiger partial charge >= 0.3 is 0 Å². The molecule has 0 spiro atoms. The maximum absolute atomic E-state index is 5.41. The Labute approximate surface area is 56.6 Å². The van der Waals surface area contributed by atoms with Gasteiger partial charge in [0.1, 0.15) is 0 Å². The average Bonchev–Trinajstić information content (AvgIpc) is 1.89. The van der Waals surface area contributed by atoms with E-state index in [0.29, 0.717) is 5.70 Å². The first-order valence-electron chi connectivity index (χ1n) is 3.06. The fourth-order valence-corrected chi connectivity index (χ4v) is 0.383. The van der Waals surface area contributed by atoms with Crippen molar-refractivity contribution in [3.05, 3.63) is 36.6 Å². The fraction of sp³-hybridized carbons (Fsp3) is 0.250. The van der Waals surface area contributed by atoms with Gasteiger partial charge in [0.05, 0.1) is 0 Å². The van der Waals surface area contributed by atoms with E-state index in [1.54, 1.807) is 6.08 Å². The lowest BCUT2D eigenvalue weighted by Crippen LogP contribution is -1.89. The van der Waals surface area contributed by atoms with E-state index in [1.807, 2.05) is 18.2 Å². The fourth-order valence-electron chi connectivity index (χ4n) is 0.383. The van der Waals surface area contributed by atoms with E-state index in [4.69, 9.17) is 5.73 Å². The van der Waals surface area contributed by atoms with E-state index in [0.717, 1.165) is 6.42 Å². The van der Waals surface area contributed by atoms with Crippen molar-refractivity contribution in [3.63, 3.8) is 0 Å². The molecule has 0 aliphatic rings. The zero-order chi connectivity index (χ0) is 7.11. The lowest BCUT2D eigenvalue weighted by atomic mass is 10.3. The molecule has 0 aliphatic heterocycles. The van der Waals surface area contributed by atoms with Crippen LogP contribution in [0.25, 0.3) is 0 Å². The Balaban J connectivity index is 3.68. The van der Waals surface area contributed by atoms with Crippen LogP contribution in [0.5, 0.6) is 0 Å². The summed E-state index contributed by atoms with van der Waals surface area (Å²) in [4.78, 5) is 0. The Kier molecular flexibility index (Phi) is 4.60. The van der Waals surface area contributed by atoms with Crippen molar-refractivity contribution in [2.75, 3.05) is 0 Å². The van der Waals surface area contributed by atoms with Crippen molar-refractivity contribution in [3.8, 4) is 0 Å². The Morgan fingerprint density at radius 1 is 1.67 bits per heavy atom. The maximum atomic E-state index is 5.41. The predicted octanol–water partition coefficient (Wildman–Crippen LogP) is 1.98. The maximum Gasteiger partial charge on any atom is 0.0307 e. The van der Waals surface area contributed by atoms with Crippen LogP contribution in [0, 0.1) is 0 Å². The second-order valence-electron chi connectivity index (χ2n) is 1.71. The standard InChI is InChI=1S/C8H13N/c1-3-5-6-7-8(9)4-2/h4-7H,2-3,9H2,1H3/b6-5-,8-7+. The third kappa shape index (κ3) is 4.88. The van der Waals surface area contributed by atoms with Crippen molar-refractivity contribution < 1.29 is 0 Å². The minimum atomic E-state index is 0.708. The van der Waals surface area contributed by atoms with Gasteiger partial charge in [-0.1, -0.05) is 25.7 Å². The lowest BCUT2D eigenvalue weighted by Gasteiger charge is -1.83. The summed E-state index contributed by atoms with van der Waals surface area (Å²) in [5.41, 5.74) is 6.11. The molecular formula is C8H13N. The van der Waals surface area contributed by atoms with Gasteiger partial charge in [0.2, 0.25) is 0 Å². The first-order chi connectivity index (χ1) is 4.31. The molecule has 1 nitrogen and oxygen atoms in total. The summed E-state index contributed by atoms with van der Waals surface area (Å²) in [6.45, 7) is 5.59. The molecular weight excluding hydrogens is 110 g/mol. The van der Waals surface area contributed by atoms with Crippen LogP contribution in [-0.4, -0.2) is 0 Å². The van der Waals surface area contributed by atoms with Gasteiger partial charge in [-0.2, -0.15) is 0 Å². The van der Waals surface area contributed by atoms with Crippen LogP contribution in [0.3, 0.4) is 0 Å². The quantitative estimate of drug-likeness (QED) is 0.570. The molecule has 2 N–H and O–H groups in total. The Morgan fingerprint density at radius 3 is 2.78 bits per heavy atom. The van der Waals surface area contributed by atoms with Crippen LogP contribution < -0.4 is 5.73 Å². The van der Waals surface area contributed by atoms with Crippen LogP contribution in [0.15, 0.2) is 36.6 Å². The van der Waals surface area contributed by atoms with E-state index in [1.165, 1.54) is 0 Å². The summed E-state index contributed by atoms with van der Waals surface area (Å²) in [6.07, 6.45) is 8.46. The van der Waals surface area contributed by atoms with Gasteiger partial charge in [-0.05, 0) is 18.6 Å². The predicted molar refractivity (Wildman–Crippen MR) is 41.9 cm³/mol. The van der Waals surface area contributed by atoms with Gasteiger partial charge in [-0.3, -0.25) is 0 Å². The second-order valence-corrected chi connectivity index (χ2v) is 1.71. The van der Waals surface area contributed by atoms with Crippen LogP contribution >= 0.6 is 0 Å². The Morgan fingerprint density at radius 2 is 2.33 bits per heavy atom. The first kappa shape index (κ1) is 8.02. The first-order valence-corrected chi connectivity index (χ1v) is 3.06.